The van der Waals surface area contributed by atoms with Crippen LogP contribution in [-0.2, 0) is 11.3 Å². The van der Waals surface area contributed by atoms with E-state index in [4.69, 9.17) is 0 Å². The Labute approximate surface area is 207 Å². The highest BCUT2D eigenvalue weighted by molar-refractivity contribution is 8.18. The van der Waals surface area contributed by atoms with Gasteiger partial charge in [0.1, 0.15) is 0 Å². The van der Waals surface area contributed by atoms with Crippen LogP contribution in [0.1, 0.15) is 35.7 Å². The summed E-state index contributed by atoms with van der Waals surface area (Å²) in [5, 5.41) is 7.70. The van der Waals surface area contributed by atoms with Gasteiger partial charge < -0.3 is 10.2 Å². The van der Waals surface area contributed by atoms with Gasteiger partial charge in [-0.05, 0) is 72.3 Å². The molecule has 0 aromatic carbocycles. The highest BCUT2D eigenvalue weighted by Gasteiger charge is 2.26. The van der Waals surface area contributed by atoms with E-state index >= 15 is 0 Å². The summed E-state index contributed by atoms with van der Waals surface area (Å²) in [6.45, 7) is 3.63. The third-order valence-corrected chi connectivity index (χ3v) is 7.86. The van der Waals surface area contributed by atoms with Crippen LogP contribution in [-0.4, -0.2) is 51.5 Å². The molecule has 2 N–H and O–H groups in total. The van der Waals surface area contributed by atoms with Crippen molar-refractivity contribution in [1.82, 2.24) is 25.6 Å². The second kappa shape index (κ2) is 10.7. The number of imide groups is 1. The van der Waals surface area contributed by atoms with E-state index in [1.54, 1.807) is 18.3 Å². The number of thioether (sulfide) groups is 2. The molecule has 176 valence electrons. The Hall–Kier alpha value is -2.69. The van der Waals surface area contributed by atoms with E-state index in [1.165, 1.54) is 5.56 Å². The largest absolute Gasteiger partial charge is 0.341 e. The van der Waals surface area contributed by atoms with E-state index in [2.05, 4.69) is 54.1 Å². The van der Waals surface area contributed by atoms with E-state index in [0.717, 1.165) is 62.2 Å². The smallest absolute Gasteiger partial charge is 0.290 e. The predicted octanol–water partition coefficient (Wildman–Crippen LogP) is 3.55. The number of amides is 2. The number of allylic oxidation sites excluding steroid dienone is 1. The minimum atomic E-state index is -0.374. The number of anilines is 1. The summed E-state index contributed by atoms with van der Waals surface area (Å²) in [6, 6.07) is 6.06. The summed E-state index contributed by atoms with van der Waals surface area (Å²) < 4.78 is 0. The zero-order chi connectivity index (χ0) is 23.3. The summed E-state index contributed by atoms with van der Waals surface area (Å²) in [6.07, 6.45) is 9.63. The molecule has 2 amide bonds. The molecule has 0 bridgehead atoms. The van der Waals surface area contributed by atoms with Gasteiger partial charge in [-0.2, -0.15) is 0 Å². The molecular formula is C24H26N6O2S2. The van der Waals surface area contributed by atoms with Crippen LogP contribution < -0.4 is 15.5 Å². The van der Waals surface area contributed by atoms with Crippen LogP contribution in [0.4, 0.5) is 10.7 Å². The van der Waals surface area contributed by atoms with Crippen molar-refractivity contribution in [3.05, 3.63) is 63.9 Å². The molecule has 5 rings (SSSR count). The molecule has 0 aliphatic carbocycles. The molecule has 10 heteroatoms. The fraction of sp³-hybridized carbons (Fsp3) is 0.375. The predicted molar refractivity (Wildman–Crippen MR) is 136 cm³/mol. The molecule has 1 unspecified atom stereocenters. The lowest BCUT2D eigenvalue weighted by atomic mass is 9.97. The first-order chi connectivity index (χ1) is 16.6. The van der Waals surface area contributed by atoms with Gasteiger partial charge in [0.15, 0.2) is 0 Å². The number of nitrogens with one attached hydrogen (secondary N) is 2. The first kappa shape index (κ1) is 23.1. The topological polar surface area (TPSA) is 100 Å². The Morgan fingerprint density at radius 3 is 2.79 bits per heavy atom. The standard InChI is InChI=1S/C24H26N6O2S2/c31-22-21(34-24(32)29-22)12-19-2-7-27-23(28-19)30-8-3-16(4-9-30)13-25-14-17-1-6-26-20(11-17)18-5-10-33-15-18/h1-2,5-7,10-12,16,18,25H,3-4,8-9,13-15H2,(H,29,31,32)/b21-12-. The SMILES string of the molecule is O=C1NC(=O)/C(=C/c2ccnc(N3CCC(CNCc4ccnc(C5C=CSC5)c4)CC3)n2)S1. The highest BCUT2D eigenvalue weighted by Crippen LogP contribution is 2.29. The summed E-state index contributed by atoms with van der Waals surface area (Å²) in [5.41, 5.74) is 3.07. The molecule has 3 aliphatic rings. The molecule has 8 nitrogen and oxygen atoms in total. The molecule has 0 radical (unpaired) electrons. The monoisotopic (exact) mass is 494 g/mol. The van der Waals surface area contributed by atoms with Crippen LogP contribution in [0.25, 0.3) is 6.08 Å². The number of nitrogens with zero attached hydrogens (tertiary/aromatic N) is 4. The summed E-state index contributed by atoms with van der Waals surface area (Å²) in [5.74, 6) is 2.42. The molecule has 5 heterocycles. The van der Waals surface area contributed by atoms with Gasteiger partial charge in [0, 0.05) is 49.4 Å². The molecule has 0 saturated carbocycles. The van der Waals surface area contributed by atoms with Gasteiger partial charge in [0.2, 0.25) is 5.95 Å². The first-order valence-electron chi connectivity index (χ1n) is 11.4. The Morgan fingerprint density at radius 2 is 2.03 bits per heavy atom. The highest BCUT2D eigenvalue weighted by atomic mass is 32.2. The van der Waals surface area contributed by atoms with Crippen LogP contribution in [0.5, 0.6) is 0 Å². The van der Waals surface area contributed by atoms with Crippen LogP contribution in [0.15, 0.2) is 47.0 Å². The van der Waals surface area contributed by atoms with Gasteiger partial charge in [-0.25, -0.2) is 9.97 Å². The number of pyridine rings is 1. The van der Waals surface area contributed by atoms with Gasteiger partial charge in [0.05, 0.1) is 10.6 Å². The van der Waals surface area contributed by atoms with Crippen molar-refractivity contribution < 1.29 is 9.59 Å². The van der Waals surface area contributed by atoms with E-state index in [9.17, 15) is 9.59 Å². The van der Waals surface area contributed by atoms with E-state index in [0.29, 0.717) is 28.4 Å². The second-order valence-corrected chi connectivity index (χ2v) is 10.5. The van der Waals surface area contributed by atoms with Crippen LogP contribution in [0.2, 0.25) is 0 Å². The third kappa shape index (κ3) is 5.68. The maximum atomic E-state index is 11.8. The molecule has 2 aromatic rings. The average Bonchev–Trinajstić information content (AvgIpc) is 3.50. The lowest BCUT2D eigenvalue weighted by Gasteiger charge is -2.32. The van der Waals surface area contributed by atoms with E-state index < -0.39 is 0 Å². The summed E-state index contributed by atoms with van der Waals surface area (Å²) in [4.78, 5) is 39.3. The number of hydrogen-bond acceptors (Lipinski definition) is 9. The van der Waals surface area contributed by atoms with Gasteiger partial charge in [-0.1, -0.05) is 6.08 Å². The van der Waals surface area contributed by atoms with Gasteiger partial charge in [-0.15, -0.1) is 11.8 Å². The van der Waals surface area contributed by atoms with Crippen LogP contribution in [0.3, 0.4) is 0 Å². The third-order valence-electron chi connectivity index (χ3n) is 6.15. The number of rotatable bonds is 7. The lowest BCUT2D eigenvalue weighted by molar-refractivity contribution is -0.115. The average molecular weight is 495 g/mol. The first-order valence-corrected chi connectivity index (χ1v) is 13.3. The normalized spacial score (nSPS) is 22.1. The van der Waals surface area contributed by atoms with Crippen molar-refractivity contribution >= 4 is 46.7 Å². The summed E-state index contributed by atoms with van der Waals surface area (Å²) >= 11 is 2.74. The molecule has 2 aromatic heterocycles. The van der Waals surface area contributed by atoms with Gasteiger partial charge in [0.25, 0.3) is 11.1 Å². The Bertz CT molecular complexity index is 1130. The molecule has 3 aliphatic heterocycles. The Kier molecular flexibility index (Phi) is 7.27. The van der Waals surface area contributed by atoms with Crippen molar-refractivity contribution in [2.75, 3.05) is 30.3 Å². The van der Waals surface area contributed by atoms with Gasteiger partial charge in [-0.3, -0.25) is 19.9 Å². The number of carbonyl (C=O) groups excluding carboxylic acids is 2. The number of aromatic nitrogens is 3. The number of hydrogen-bond donors (Lipinski definition) is 2. The fourth-order valence-electron chi connectivity index (χ4n) is 4.26. The number of carbonyl (C=O) groups is 2. The van der Waals surface area contributed by atoms with Crippen LogP contribution >= 0.6 is 23.5 Å². The van der Waals surface area contributed by atoms with Crippen molar-refractivity contribution in [3.63, 3.8) is 0 Å². The zero-order valence-electron chi connectivity index (χ0n) is 18.6. The minimum absolute atomic E-state index is 0.351. The molecular weight excluding hydrogens is 468 g/mol. The maximum absolute atomic E-state index is 11.8. The molecule has 2 saturated heterocycles. The molecule has 1 atom stereocenters. The van der Waals surface area contributed by atoms with Crippen molar-refractivity contribution in [1.29, 1.82) is 0 Å². The minimum Gasteiger partial charge on any atom is -0.341 e. The fourth-order valence-corrected chi connectivity index (χ4v) is 5.83. The molecule has 2 fully saturated rings. The van der Waals surface area contributed by atoms with Crippen molar-refractivity contribution in [2.45, 2.75) is 25.3 Å². The maximum Gasteiger partial charge on any atom is 0.290 e. The quantitative estimate of drug-likeness (QED) is 0.560. The lowest BCUT2D eigenvalue weighted by Crippen LogP contribution is -2.38. The molecule has 34 heavy (non-hydrogen) atoms. The molecule has 0 spiro atoms. The van der Waals surface area contributed by atoms with Gasteiger partial charge >= 0.3 is 0 Å². The van der Waals surface area contributed by atoms with E-state index in [1.807, 2.05) is 18.0 Å². The van der Waals surface area contributed by atoms with E-state index in [-0.39, 0.29) is 11.1 Å². The zero-order valence-corrected chi connectivity index (χ0v) is 20.3. The summed E-state index contributed by atoms with van der Waals surface area (Å²) in [7, 11) is 0. The van der Waals surface area contributed by atoms with Crippen LogP contribution in [0, 0.1) is 5.92 Å². The van der Waals surface area contributed by atoms with Crippen molar-refractivity contribution in [3.8, 4) is 0 Å². The van der Waals surface area contributed by atoms with Crippen molar-refractivity contribution in [2.24, 2.45) is 5.92 Å². The number of piperidine rings is 1. The second-order valence-electron chi connectivity index (χ2n) is 8.55. The Balaban J connectivity index is 1.10. The Morgan fingerprint density at radius 1 is 1.18 bits per heavy atom.